The fourth-order valence-corrected chi connectivity index (χ4v) is 5.10. The summed E-state index contributed by atoms with van der Waals surface area (Å²) in [4.78, 5) is 66.3. The van der Waals surface area contributed by atoms with Gasteiger partial charge in [-0.1, -0.05) is 40.0 Å². The van der Waals surface area contributed by atoms with Gasteiger partial charge >= 0.3 is 0 Å². The fourth-order valence-electron chi connectivity index (χ4n) is 5.10. The van der Waals surface area contributed by atoms with Gasteiger partial charge in [0.1, 0.15) is 29.8 Å². The van der Waals surface area contributed by atoms with Crippen LogP contribution >= 0.6 is 0 Å². The lowest BCUT2D eigenvalue weighted by Crippen LogP contribution is -2.58. The van der Waals surface area contributed by atoms with Crippen molar-refractivity contribution in [3.05, 3.63) is 35.4 Å². The summed E-state index contributed by atoms with van der Waals surface area (Å²) in [6.07, 6.45) is 1.23. The largest absolute Gasteiger partial charge is 0.352 e. The first-order valence-corrected chi connectivity index (χ1v) is 14.6. The smallest absolute Gasteiger partial charge is 0.267 e. The molecule has 0 spiro atoms. The third kappa shape index (κ3) is 9.89. The van der Waals surface area contributed by atoms with Crippen molar-refractivity contribution in [2.75, 3.05) is 20.1 Å². The lowest BCUT2D eigenvalue weighted by atomic mass is 9.95. The number of halogens is 4. The Labute approximate surface area is 253 Å². The summed E-state index contributed by atoms with van der Waals surface area (Å²) in [5, 5.41) is 14.0. The molecule has 2 rings (SSSR count). The molecule has 0 aliphatic carbocycles. The third-order valence-electron chi connectivity index (χ3n) is 7.67. The molecule has 4 N–H and O–H groups in total. The van der Waals surface area contributed by atoms with Gasteiger partial charge in [-0.05, 0) is 30.9 Å². The quantitative estimate of drug-likeness (QED) is 0.101. The lowest BCUT2D eigenvalue weighted by molar-refractivity contribution is -0.148. The molecule has 0 aromatic heterocycles. The highest BCUT2D eigenvalue weighted by atomic mass is 19.3. The van der Waals surface area contributed by atoms with E-state index in [0.717, 1.165) is 34.8 Å². The Balaban J connectivity index is 2.18. The number of unbranched alkanes of at least 4 members (excludes halogenated alkanes) is 2. The molecule has 15 heteroatoms. The van der Waals surface area contributed by atoms with E-state index in [0.29, 0.717) is 18.9 Å². The number of alkyl halides is 2. The van der Waals surface area contributed by atoms with Crippen molar-refractivity contribution < 1.29 is 46.7 Å². The van der Waals surface area contributed by atoms with Crippen LogP contribution in [0.4, 0.5) is 17.6 Å². The molecule has 1 aromatic carbocycles. The van der Waals surface area contributed by atoms with Crippen LogP contribution in [-0.2, 0) is 19.2 Å². The van der Waals surface area contributed by atoms with Crippen molar-refractivity contribution in [2.24, 2.45) is 5.92 Å². The van der Waals surface area contributed by atoms with Crippen molar-refractivity contribution in [1.82, 2.24) is 25.9 Å². The van der Waals surface area contributed by atoms with Crippen LogP contribution in [0.25, 0.3) is 0 Å². The summed E-state index contributed by atoms with van der Waals surface area (Å²) in [7, 11) is 1.26. The molecule has 1 aliphatic rings. The van der Waals surface area contributed by atoms with Gasteiger partial charge in [-0.3, -0.25) is 29.2 Å². The molecular weight excluding hydrogens is 590 g/mol. The van der Waals surface area contributed by atoms with E-state index in [1.54, 1.807) is 13.8 Å². The fraction of sp³-hybridized carbons (Fsp3) is 0.621. The number of hydroxylamine groups is 1. The van der Waals surface area contributed by atoms with Crippen LogP contribution in [0.3, 0.4) is 0 Å². The van der Waals surface area contributed by atoms with E-state index >= 15 is 0 Å². The van der Waals surface area contributed by atoms with Crippen LogP contribution in [0.1, 0.15) is 76.1 Å². The number of benzene rings is 1. The zero-order chi connectivity index (χ0) is 33.2. The molecule has 11 nitrogen and oxygen atoms in total. The van der Waals surface area contributed by atoms with Gasteiger partial charge in [0.2, 0.25) is 17.7 Å². The Bertz CT molecular complexity index is 1180. The van der Waals surface area contributed by atoms with Gasteiger partial charge in [-0.25, -0.2) is 23.0 Å². The average molecular weight is 632 g/mol. The molecule has 1 unspecified atom stereocenters. The van der Waals surface area contributed by atoms with E-state index in [-0.39, 0.29) is 24.9 Å². The van der Waals surface area contributed by atoms with Crippen LogP contribution in [0.5, 0.6) is 0 Å². The molecule has 1 heterocycles. The number of carbonyl (C=O) groups is 5. The second-order valence-corrected chi connectivity index (χ2v) is 11.1. The molecule has 1 saturated heterocycles. The minimum atomic E-state index is -3.29. The molecule has 5 amide bonds. The molecule has 0 radical (unpaired) electrons. The Hall–Kier alpha value is -3.75. The molecule has 0 saturated carbocycles. The van der Waals surface area contributed by atoms with Crippen molar-refractivity contribution in [3.63, 3.8) is 0 Å². The van der Waals surface area contributed by atoms with Gasteiger partial charge in [-0.2, -0.15) is 0 Å². The van der Waals surface area contributed by atoms with E-state index in [2.05, 4.69) is 10.6 Å². The first kappa shape index (κ1) is 36.4. The van der Waals surface area contributed by atoms with Gasteiger partial charge in [0.05, 0.1) is 6.54 Å². The number of likely N-dealkylation sites (tertiary alicyclic amines) is 1. The lowest BCUT2D eigenvalue weighted by Gasteiger charge is -2.35. The SMILES string of the molecule is CCCCCC(=O)N1CC(F)(F)C[C@H]1C(=O)N(C)[C@H](C(=O)N[C@@H](CCNC(=O)c1cc(F)cc(F)c1)C(=O)NO)C(C)CC. The highest BCUT2D eigenvalue weighted by molar-refractivity contribution is 5.95. The van der Waals surface area contributed by atoms with Gasteiger partial charge < -0.3 is 20.4 Å². The Morgan fingerprint density at radius 2 is 1.70 bits per heavy atom. The molecule has 1 aliphatic heterocycles. The van der Waals surface area contributed by atoms with E-state index in [1.807, 2.05) is 6.92 Å². The van der Waals surface area contributed by atoms with Gasteiger partial charge in [-0.15, -0.1) is 0 Å². The van der Waals surface area contributed by atoms with Gasteiger partial charge in [0.15, 0.2) is 0 Å². The number of hydrogen-bond donors (Lipinski definition) is 4. The monoisotopic (exact) mass is 631 g/mol. The number of hydrogen-bond acceptors (Lipinski definition) is 6. The Kier molecular flexibility index (Phi) is 13.5. The van der Waals surface area contributed by atoms with Crippen LogP contribution in [0.2, 0.25) is 0 Å². The van der Waals surface area contributed by atoms with Crippen LogP contribution in [0, 0.1) is 17.6 Å². The Morgan fingerprint density at radius 3 is 2.27 bits per heavy atom. The highest BCUT2D eigenvalue weighted by Crippen LogP contribution is 2.34. The van der Waals surface area contributed by atoms with Crippen molar-refractivity contribution in [3.8, 4) is 0 Å². The number of nitrogens with one attached hydrogen (secondary N) is 3. The average Bonchev–Trinajstić information content (AvgIpc) is 3.30. The molecule has 4 atom stereocenters. The topological polar surface area (TPSA) is 148 Å². The summed E-state index contributed by atoms with van der Waals surface area (Å²) in [5.74, 6) is -9.95. The van der Waals surface area contributed by atoms with Gasteiger partial charge in [0.25, 0.3) is 17.7 Å². The zero-order valence-electron chi connectivity index (χ0n) is 25.3. The maximum atomic E-state index is 14.4. The normalized spacial score (nSPS) is 17.8. The van der Waals surface area contributed by atoms with Crippen molar-refractivity contribution in [1.29, 1.82) is 0 Å². The number of nitrogens with zero attached hydrogens (tertiary/aromatic N) is 2. The summed E-state index contributed by atoms with van der Waals surface area (Å²) < 4.78 is 55.8. The van der Waals surface area contributed by atoms with Crippen LogP contribution in [-0.4, -0.2) is 88.7 Å². The number of carbonyl (C=O) groups excluding carboxylic acids is 5. The second-order valence-electron chi connectivity index (χ2n) is 11.1. The van der Waals surface area contributed by atoms with E-state index in [1.165, 1.54) is 12.5 Å². The third-order valence-corrected chi connectivity index (χ3v) is 7.67. The molecule has 44 heavy (non-hydrogen) atoms. The number of amides is 5. The van der Waals surface area contributed by atoms with Crippen LogP contribution in [0.15, 0.2) is 18.2 Å². The summed E-state index contributed by atoms with van der Waals surface area (Å²) in [6.45, 7) is 4.12. The second kappa shape index (κ2) is 16.4. The highest BCUT2D eigenvalue weighted by Gasteiger charge is 2.51. The molecule has 1 fully saturated rings. The van der Waals surface area contributed by atoms with Gasteiger partial charge in [0, 0.05) is 38.1 Å². The van der Waals surface area contributed by atoms with E-state index < -0.39 is 84.1 Å². The molecule has 1 aromatic rings. The molecular formula is C29H41F4N5O6. The van der Waals surface area contributed by atoms with Crippen molar-refractivity contribution >= 4 is 29.5 Å². The predicted octanol–water partition coefficient (Wildman–Crippen LogP) is 2.76. The maximum absolute atomic E-state index is 14.4. The van der Waals surface area contributed by atoms with Crippen molar-refractivity contribution in [2.45, 2.75) is 89.8 Å². The number of rotatable bonds is 15. The zero-order valence-corrected chi connectivity index (χ0v) is 25.3. The summed E-state index contributed by atoms with van der Waals surface area (Å²) in [6, 6.07) is -1.96. The summed E-state index contributed by atoms with van der Waals surface area (Å²) in [5.41, 5.74) is 1.09. The van der Waals surface area contributed by atoms with E-state index in [4.69, 9.17) is 0 Å². The minimum absolute atomic E-state index is 0.00926. The van der Waals surface area contributed by atoms with Crippen LogP contribution < -0.4 is 16.1 Å². The standard InChI is InChI=1S/C29H41F4N5O6/c1-5-7-8-9-23(39)38-16-29(32,33)15-22(38)28(43)37(4)24(17(3)6-2)27(42)35-21(26(41)36-44)10-11-34-25(40)18-12-19(30)14-20(31)13-18/h12-14,17,21-22,24,44H,5-11,15-16H2,1-4H3,(H,34,40)(H,35,42)(H,36,41)/t17?,21-,22-,24-/m0/s1. The predicted molar refractivity (Wildman–Crippen MR) is 150 cm³/mol. The molecule has 246 valence electrons. The first-order chi connectivity index (χ1) is 20.6. The van der Waals surface area contributed by atoms with E-state index in [9.17, 15) is 46.7 Å². The first-order valence-electron chi connectivity index (χ1n) is 14.6. The number of likely N-dealkylation sites (N-methyl/N-ethyl adjacent to an activating group) is 1. The Morgan fingerprint density at radius 1 is 1.07 bits per heavy atom. The molecule has 0 bridgehead atoms. The maximum Gasteiger partial charge on any atom is 0.267 e. The minimum Gasteiger partial charge on any atom is -0.352 e. The summed E-state index contributed by atoms with van der Waals surface area (Å²) >= 11 is 0.